The first-order valence-corrected chi connectivity index (χ1v) is 5.21. The summed E-state index contributed by atoms with van der Waals surface area (Å²) in [7, 11) is 0. The lowest BCUT2D eigenvalue weighted by molar-refractivity contribution is -0.145. The Hall–Kier alpha value is -0.570. The molecule has 1 aliphatic carbocycles. The van der Waals surface area contributed by atoms with Gasteiger partial charge in [0.25, 0.3) is 0 Å². The molecule has 3 heteroatoms. The van der Waals surface area contributed by atoms with Crippen molar-refractivity contribution in [2.45, 2.75) is 25.7 Å². The summed E-state index contributed by atoms with van der Waals surface area (Å²) in [6, 6.07) is 0. The quantitative estimate of drug-likeness (QED) is 0.645. The molecule has 0 atom stereocenters. The molecule has 13 heavy (non-hydrogen) atoms. The maximum absolute atomic E-state index is 11.2. The number of nitrogens with one attached hydrogen (secondary N) is 1. The third-order valence-corrected chi connectivity index (χ3v) is 2.81. The maximum atomic E-state index is 11.2. The fourth-order valence-corrected chi connectivity index (χ4v) is 1.53. The van der Waals surface area contributed by atoms with E-state index in [0.717, 1.165) is 25.4 Å². The Kier molecular flexibility index (Phi) is 2.83. The normalized spacial score (nSPS) is 22.5. The summed E-state index contributed by atoms with van der Waals surface area (Å²) in [5, 5.41) is 3.14. The van der Waals surface area contributed by atoms with E-state index in [-0.39, 0.29) is 5.97 Å². The van der Waals surface area contributed by atoms with Gasteiger partial charge in [0, 0.05) is 0 Å². The smallest absolute Gasteiger partial charge is 0.306 e. The Bertz CT molecular complexity index is 185. The van der Waals surface area contributed by atoms with Crippen LogP contribution < -0.4 is 5.32 Å². The first kappa shape index (κ1) is 9.00. The van der Waals surface area contributed by atoms with Crippen LogP contribution in [0.5, 0.6) is 0 Å². The lowest BCUT2D eigenvalue weighted by Gasteiger charge is -2.25. The van der Waals surface area contributed by atoms with Crippen LogP contribution in [0.3, 0.4) is 0 Å². The van der Waals surface area contributed by atoms with Crippen molar-refractivity contribution in [1.82, 2.24) is 5.32 Å². The molecular weight excluding hydrogens is 166 g/mol. The summed E-state index contributed by atoms with van der Waals surface area (Å²) in [4.78, 5) is 11.2. The minimum absolute atomic E-state index is 0.00727. The Morgan fingerprint density at radius 1 is 1.31 bits per heavy atom. The number of esters is 1. The molecule has 2 fully saturated rings. The molecule has 0 amide bonds. The number of carbonyl (C=O) groups excluding carboxylic acids is 1. The molecule has 1 heterocycles. The SMILES string of the molecule is O=C(CC1CNC1)OCCC1CC1. The van der Waals surface area contributed by atoms with Crippen molar-refractivity contribution in [2.24, 2.45) is 11.8 Å². The minimum Gasteiger partial charge on any atom is -0.466 e. The van der Waals surface area contributed by atoms with Gasteiger partial charge in [-0.2, -0.15) is 0 Å². The molecule has 0 aromatic carbocycles. The summed E-state index contributed by atoms with van der Waals surface area (Å²) in [6.45, 7) is 2.61. The van der Waals surface area contributed by atoms with Gasteiger partial charge in [-0.25, -0.2) is 0 Å². The van der Waals surface area contributed by atoms with Crippen LogP contribution in [0.15, 0.2) is 0 Å². The van der Waals surface area contributed by atoms with Crippen molar-refractivity contribution < 1.29 is 9.53 Å². The Labute approximate surface area is 78.8 Å². The maximum Gasteiger partial charge on any atom is 0.306 e. The molecule has 0 unspecified atom stereocenters. The highest BCUT2D eigenvalue weighted by Gasteiger charge is 2.23. The number of rotatable bonds is 5. The number of hydrogen-bond acceptors (Lipinski definition) is 3. The van der Waals surface area contributed by atoms with Gasteiger partial charge in [0.1, 0.15) is 0 Å². The highest BCUT2D eigenvalue weighted by atomic mass is 16.5. The predicted octanol–water partition coefficient (Wildman–Crippen LogP) is 0.939. The third-order valence-electron chi connectivity index (χ3n) is 2.81. The topological polar surface area (TPSA) is 38.3 Å². The Balaban J connectivity index is 1.49. The Morgan fingerprint density at radius 3 is 2.62 bits per heavy atom. The summed E-state index contributed by atoms with van der Waals surface area (Å²) in [5.74, 6) is 1.39. The molecule has 0 aromatic heterocycles. The monoisotopic (exact) mass is 183 g/mol. The van der Waals surface area contributed by atoms with Gasteiger partial charge in [0.15, 0.2) is 0 Å². The molecule has 0 radical (unpaired) electrons. The van der Waals surface area contributed by atoms with E-state index in [0.29, 0.717) is 18.9 Å². The van der Waals surface area contributed by atoms with Gasteiger partial charge in [0.05, 0.1) is 13.0 Å². The van der Waals surface area contributed by atoms with E-state index in [2.05, 4.69) is 5.32 Å². The minimum atomic E-state index is -0.00727. The zero-order chi connectivity index (χ0) is 9.10. The van der Waals surface area contributed by atoms with Gasteiger partial charge in [0.2, 0.25) is 0 Å². The van der Waals surface area contributed by atoms with E-state index >= 15 is 0 Å². The first-order chi connectivity index (χ1) is 6.34. The number of carbonyl (C=O) groups is 1. The van der Waals surface area contributed by atoms with Crippen molar-refractivity contribution in [3.05, 3.63) is 0 Å². The lowest BCUT2D eigenvalue weighted by atomic mass is 10.00. The van der Waals surface area contributed by atoms with Crippen LogP contribution in [0, 0.1) is 11.8 Å². The van der Waals surface area contributed by atoms with Crippen LogP contribution in [0.2, 0.25) is 0 Å². The third kappa shape index (κ3) is 2.99. The van der Waals surface area contributed by atoms with Crippen LogP contribution in [0.1, 0.15) is 25.7 Å². The number of hydrogen-bond donors (Lipinski definition) is 1. The average Bonchev–Trinajstić information content (AvgIpc) is 2.81. The zero-order valence-electron chi connectivity index (χ0n) is 7.92. The van der Waals surface area contributed by atoms with Crippen molar-refractivity contribution in [3.8, 4) is 0 Å². The second-order valence-electron chi connectivity index (χ2n) is 4.18. The van der Waals surface area contributed by atoms with Crippen LogP contribution >= 0.6 is 0 Å². The van der Waals surface area contributed by atoms with E-state index < -0.39 is 0 Å². The standard InChI is InChI=1S/C10H17NO2/c12-10(5-9-6-11-7-9)13-4-3-8-1-2-8/h8-9,11H,1-7H2. The molecule has 1 aliphatic heterocycles. The fourth-order valence-electron chi connectivity index (χ4n) is 1.53. The molecule has 2 aliphatic rings. The van der Waals surface area contributed by atoms with E-state index in [1.807, 2.05) is 0 Å². The van der Waals surface area contributed by atoms with Gasteiger partial charge in [-0.05, 0) is 31.3 Å². The van der Waals surface area contributed by atoms with Gasteiger partial charge >= 0.3 is 5.97 Å². The van der Waals surface area contributed by atoms with Crippen LogP contribution in [-0.4, -0.2) is 25.7 Å². The molecule has 74 valence electrons. The van der Waals surface area contributed by atoms with E-state index in [1.165, 1.54) is 12.8 Å². The van der Waals surface area contributed by atoms with E-state index in [9.17, 15) is 4.79 Å². The highest BCUT2D eigenvalue weighted by molar-refractivity contribution is 5.69. The average molecular weight is 183 g/mol. The molecule has 1 N–H and O–H groups in total. The largest absolute Gasteiger partial charge is 0.466 e. The van der Waals surface area contributed by atoms with Crippen LogP contribution in [-0.2, 0) is 9.53 Å². The molecular formula is C10H17NO2. The lowest BCUT2D eigenvalue weighted by Crippen LogP contribution is -2.43. The van der Waals surface area contributed by atoms with Gasteiger partial charge in [-0.15, -0.1) is 0 Å². The van der Waals surface area contributed by atoms with Crippen molar-refractivity contribution >= 4 is 5.97 Å². The summed E-state index contributed by atoms with van der Waals surface area (Å²) in [6.07, 6.45) is 4.36. The van der Waals surface area contributed by atoms with Crippen molar-refractivity contribution in [3.63, 3.8) is 0 Å². The predicted molar refractivity (Wildman–Crippen MR) is 49.3 cm³/mol. The molecule has 0 aromatic rings. The molecule has 0 bridgehead atoms. The fraction of sp³-hybridized carbons (Fsp3) is 0.900. The molecule has 3 nitrogen and oxygen atoms in total. The van der Waals surface area contributed by atoms with Gasteiger partial charge < -0.3 is 10.1 Å². The number of ether oxygens (including phenoxy) is 1. The second kappa shape index (κ2) is 4.09. The molecule has 1 saturated heterocycles. The summed E-state index contributed by atoms with van der Waals surface area (Å²) in [5.41, 5.74) is 0. The van der Waals surface area contributed by atoms with Gasteiger partial charge in [-0.1, -0.05) is 12.8 Å². The van der Waals surface area contributed by atoms with Gasteiger partial charge in [-0.3, -0.25) is 4.79 Å². The highest BCUT2D eigenvalue weighted by Crippen LogP contribution is 2.32. The zero-order valence-corrected chi connectivity index (χ0v) is 7.92. The molecule has 2 rings (SSSR count). The van der Waals surface area contributed by atoms with E-state index in [1.54, 1.807) is 0 Å². The summed E-state index contributed by atoms with van der Waals surface area (Å²) >= 11 is 0. The Morgan fingerprint density at radius 2 is 2.08 bits per heavy atom. The molecule has 1 saturated carbocycles. The van der Waals surface area contributed by atoms with Crippen molar-refractivity contribution in [1.29, 1.82) is 0 Å². The van der Waals surface area contributed by atoms with E-state index in [4.69, 9.17) is 4.74 Å². The van der Waals surface area contributed by atoms with Crippen LogP contribution in [0.4, 0.5) is 0 Å². The first-order valence-electron chi connectivity index (χ1n) is 5.21. The second-order valence-corrected chi connectivity index (χ2v) is 4.18. The summed E-state index contributed by atoms with van der Waals surface area (Å²) < 4.78 is 5.13. The van der Waals surface area contributed by atoms with Crippen LogP contribution in [0.25, 0.3) is 0 Å². The molecule has 0 spiro atoms. The van der Waals surface area contributed by atoms with Crippen molar-refractivity contribution in [2.75, 3.05) is 19.7 Å².